The van der Waals surface area contributed by atoms with Crippen LogP contribution in [0.1, 0.15) is 29.8 Å². The Hall–Kier alpha value is -2.68. The van der Waals surface area contributed by atoms with Crippen molar-refractivity contribution in [3.63, 3.8) is 0 Å². The van der Waals surface area contributed by atoms with Crippen molar-refractivity contribution in [3.8, 4) is 11.5 Å². The molecule has 28 heavy (non-hydrogen) atoms. The highest BCUT2D eigenvalue weighted by molar-refractivity contribution is 7.10. The van der Waals surface area contributed by atoms with Gasteiger partial charge in [0, 0.05) is 18.3 Å². The number of benzene rings is 1. The largest absolute Gasteiger partial charge is 0.493 e. The third-order valence-corrected chi connectivity index (χ3v) is 4.82. The molecule has 0 saturated carbocycles. The maximum atomic E-state index is 12.5. The summed E-state index contributed by atoms with van der Waals surface area (Å²) in [6.45, 7) is -1.23. The SMILES string of the molecule is COc1ccc(CCNC(=O)CC(NC(C)=O)c2cccs2)cc1OC(F)F. The van der Waals surface area contributed by atoms with E-state index in [1.54, 1.807) is 12.1 Å². The van der Waals surface area contributed by atoms with Crippen LogP contribution in [0.3, 0.4) is 0 Å². The lowest BCUT2D eigenvalue weighted by Gasteiger charge is -2.16. The Kier molecular flexibility index (Phi) is 8.19. The van der Waals surface area contributed by atoms with Gasteiger partial charge in [-0.1, -0.05) is 12.1 Å². The molecule has 0 radical (unpaired) electrons. The number of amides is 2. The van der Waals surface area contributed by atoms with Crippen molar-refractivity contribution in [2.45, 2.75) is 32.4 Å². The Bertz CT molecular complexity index is 784. The summed E-state index contributed by atoms with van der Waals surface area (Å²) in [4.78, 5) is 24.5. The quantitative estimate of drug-likeness (QED) is 0.628. The number of carbonyl (C=O) groups is 2. The molecule has 1 heterocycles. The van der Waals surface area contributed by atoms with Crippen molar-refractivity contribution in [3.05, 3.63) is 46.2 Å². The second-order valence-corrected chi connectivity index (χ2v) is 6.92. The van der Waals surface area contributed by atoms with E-state index >= 15 is 0 Å². The number of thiophene rings is 1. The molecule has 6 nitrogen and oxygen atoms in total. The fourth-order valence-electron chi connectivity index (χ4n) is 2.63. The van der Waals surface area contributed by atoms with Crippen LogP contribution in [0.4, 0.5) is 8.78 Å². The third-order valence-electron chi connectivity index (χ3n) is 3.83. The highest BCUT2D eigenvalue weighted by Gasteiger charge is 2.18. The van der Waals surface area contributed by atoms with E-state index < -0.39 is 6.61 Å². The van der Waals surface area contributed by atoms with Crippen molar-refractivity contribution in [1.82, 2.24) is 10.6 Å². The summed E-state index contributed by atoms with van der Waals surface area (Å²) in [5, 5.41) is 7.43. The molecule has 0 fully saturated rings. The van der Waals surface area contributed by atoms with Gasteiger partial charge in [0.2, 0.25) is 11.8 Å². The minimum absolute atomic E-state index is 0.0512. The normalized spacial score (nSPS) is 11.8. The van der Waals surface area contributed by atoms with Gasteiger partial charge in [0.1, 0.15) is 0 Å². The first-order chi connectivity index (χ1) is 13.4. The number of hydrogen-bond donors (Lipinski definition) is 2. The van der Waals surface area contributed by atoms with Gasteiger partial charge in [-0.25, -0.2) is 0 Å². The van der Waals surface area contributed by atoms with Crippen molar-refractivity contribution < 1.29 is 27.8 Å². The highest BCUT2D eigenvalue weighted by atomic mass is 32.1. The second kappa shape index (κ2) is 10.6. The number of hydrogen-bond acceptors (Lipinski definition) is 5. The summed E-state index contributed by atoms with van der Waals surface area (Å²) in [5.74, 6) is -0.271. The van der Waals surface area contributed by atoms with Gasteiger partial charge in [-0.3, -0.25) is 9.59 Å². The van der Waals surface area contributed by atoms with Gasteiger partial charge < -0.3 is 20.1 Å². The molecule has 0 aliphatic heterocycles. The standard InChI is InChI=1S/C19H22F2N2O4S/c1-12(24)23-14(17-4-3-9-28-17)11-18(25)22-8-7-13-5-6-15(26-2)16(10-13)27-19(20)21/h3-6,9-10,14,19H,7-8,11H2,1-2H3,(H,22,25)(H,23,24). The summed E-state index contributed by atoms with van der Waals surface area (Å²) < 4.78 is 34.4. The van der Waals surface area contributed by atoms with E-state index in [1.807, 2.05) is 17.5 Å². The minimum Gasteiger partial charge on any atom is -0.493 e. The summed E-state index contributed by atoms with van der Waals surface area (Å²) in [6, 6.07) is 8.05. The summed E-state index contributed by atoms with van der Waals surface area (Å²) in [7, 11) is 1.37. The topological polar surface area (TPSA) is 76.7 Å². The monoisotopic (exact) mass is 412 g/mol. The molecule has 2 aromatic rings. The van der Waals surface area contributed by atoms with E-state index in [1.165, 1.54) is 31.4 Å². The number of methoxy groups -OCH3 is 1. The highest BCUT2D eigenvalue weighted by Crippen LogP contribution is 2.29. The Morgan fingerprint density at radius 3 is 2.61 bits per heavy atom. The third kappa shape index (κ3) is 6.80. The van der Waals surface area contributed by atoms with Crippen molar-refractivity contribution >= 4 is 23.2 Å². The average Bonchev–Trinajstić information content (AvgIpc) is 3.15. The lowest BCUT2D eigenvalue weighted by molar-refractivity contribution is -0.122. The fourth-order valence-corrected chi connectivity index (χ4v) is 3.40. The molecule has 1 aromatic carbocycles. The van der Waals surface area contributed by atoms with Crippen LogP contribution in [0.2, 0.25) is 0 Å². The van der Waals surface area contributed by atoms with E-state index in [4.69, 9.17) is 4.74 Å². The van der Waals surface area contributed by atoms with Crippen LogP contribution in [-0.2, 0) is 16.0 Å². The zero-order chi connectivity index (χ0) is 20.5. The molecular weight excluding hydrogens is 390 g/mol. The van der Waals surface area contributed by atoms with E-state index in [0.717, 1.165) is 4.88 Å². The first-order valence-electron chi connectivity index (χ1n) is 8.58. The molecule has 2 N–H and O–H groups in total. The molecule has 1 aromatic heterocycles. The van der Waals surface area contributed by atoms with Crippen molar-refractivity contribution in [2.24, 2.45) is 0 Å². The van der Waals surface area contributed by atoms with Crippen molar-refractivity contribution in [1.29, 1.82) is 0 Å². The Balaban J connectivity index is 1.89. The predicted molar refractivity (Wildman–Crippen MR) is 102 cm³/mol. The number of alkyl halides is 2. The lowest BCUT2D eigenvalue weighted by Crippen LogP contribution is -2.33. The first kappa shape index (κ1) is 21.6. The van der Waals surface area contributed by atoms with Crippen LogP contribution >= 0.6 is 11.3 Å². The number of nitrogens with one attached hydrogen (secondary N) is 2. The van der Waals surface area contributed by atoms with Gasteiger partial charge >= 0.3 is 6.61 Å². The minimum atomic E-state index is -2.95. The van der Waals surface area contributed by atoms with Crippen LogP contribution in [0.5, 0.6) is 11.5 Å². The molecule has 1 unspecified atom stereocenters. The van der Waals surface area contributed by atoms with Gasteiger partial charge in [0.25, 0.3) is 0 Å². The van der Waals surface area contributed by atoms with Crippen LogP contribution in [0.25, 0.3) is 0 Å². The smallest absolute Gasteiger partial charge is 0.387 e. The average molecular weight is 412 g/mol. The lowest BCUT2D eigenvalue weighted by atomic mass is 10.1. The van der Waals surface area contributed by atoms with Crippen LogP contribution in [-0.4, -0.2) is 32.1 Å². The fraction of sp³-hybridized carbons (Fsp3) is 0.368. The molecule has 0 saturated heterocycles. The summed E-state index contributed by atoms with van der Waals surface area (Å²) in [6.07, 6.45) is 0.543. The van der Waals surface area contributed by atoms with Crippen LogP contribution in [0, 0.1) is 0 Å². The molecule has 0 aliphatic carbocycles. The number of rotatable bonds is 10. The van der Waals surface area contributed by atoms with E-state index in [2.05, 4.69) is 15.4 Å². The maximum Gasteiger partial charge on any atom is 0.387 e. The van der Waals surface area contributed by atoms with Gasteiger partial charge in [-0.05, 0) is 35.6 Å². The Morgan fingerprint density at radius 2 is 2.00 bits per heavy atom. The molecule has 2 amide bonds. The molecule has 0 bridgehead atoms. The number of carbonyl (C=O) groups excluding carboxylic acids is 2. The van der Waals surface area contributed by atoms with E-state index in [-0.39, 0.29) is 35.8 Å². The van der Waals surface area contributed by atoms with Gasteiger partial charge in [0.15, 0.2) is 11.5 Å². The van der Waals surface area contributed by atoms with Gasteiger partial charge in [-0.2, -0.15) is 8.78 Å². The molecule has 0 spiro atoms. The van der Waals surface area contributed by atoms with Gasteiger partial charge in [0.05, 0.1) is 19.6 Å². The Morgan fingerprint density at radius 1 is 1.21 bits per heavy atom. The molecule has 0 aliphatic rings. The summed E-state index contributed by atoms with van der Waals surface area (Å²) in [5.41, 5.74) is 0.716. The second-order valence-electron chi connectivity index (χ2n) is 5.94. The number of ether oxygens (including phenoxy) is 2. The van der Waals surface area contributed by atoms with Gasteiger partial charge in [-0.15, -0.1) is 11.3 Å². The Labute approximate surface area is 165 Å². The molecular formula is C19H22F2N2O4S. The van der Waals surface area contributed by atoms with E-state index in [0.29, 0.717) is 18.5 Å². The molecule has 2 rings (SSSR count). The number of halogens is 2. The zero-order valence-electron chi connectivity index (χ0n) is 15.5. The van der Waals surface area contributed by atoms with E-state index in [9.17, 15) is 18.4 Å². The van der Waals surface area contributed by atoms with Crippen LogP contribution in [0.15, 0.2) is 35.7 Å². The molecule has 9 heteroatoms. The predicted octanol–water partition coefficient (Wildman–Crippen LogP) is 3.28. The summed E-state index contributed by atoms with van der Waals surface area (Å²) >= 11 is 1.46. The van der Waals surface area contributed by atoms with Crippen molar-refractivity contribution in [2.75, 3.05) is 13.7 Å². The maximum absolute atomic E-state index is 12.5. The zero-order valence-corrected chi connectivity index (χ0v) is 16.4. The molecule has 1 atom stereocenters. The van der Waals surface area contributed by atoms with Crippen LogP contribution < -0.4 is 20.1 Å². The first-order valence-corrected chi connectivity index (χ1v) is 9.46. The molecule has 152 valence electrons.